The monoisotopic (exact) mass is 468 g/mol. The lowest BCUT2D eigenvalue weighted by atomic mass is 10.1. The number of amides is 1. The molecule has 0 radical (unpaired) electrons. The van der Waals surface area contributed by atoms with Crippen molar-refractivity contribution in [3.63, 3.8) is 0 Å². The van der Waals surface area contributed by atoms with E-state index in [2.05, 4.69) is 15.3 Å². The van der Waals surface area contributed by atoms with Crippen molar-refractivity contribution < 1.29 is 33.6 Å². The van der Waals surface area contributed by atoms with Crippen molar-refractivity contribution in [3.05, 3.63) is 59.3 Å². The number of benzene rings is 1. The van der Waals surface area contributed by atoms with Crippen molar-refractivity contribution in [2.24, 2.45) is 11.8 Å². The molecule has 7 nitrogen and oxygen atoms in total. The van der Waals surface area contributed by atoms with Crippen LogP contribution in [0.2, 0.25) is 0 Å². The van der Waals surface area contributed by atoms with Crippen molar-refractivity contribution in [1.29, 1.82) is 0 Å². The lowest BCUT2D eigenvalue weighted by molar-refractivity contribution is -0.0379. The van der Waals surface area contributed by atoms with Crippen LogP contribution < -0.4 is 10.1 Å². The molecule has 0 spiro atoms. The van der Waals surface area contributed by atoms with E-state index in [9.17, 15) is 22.0 Å². The Hall–Kier alpha value is -2.88. The van der Waals surface area contributed by atoms with Crippen LogP contribution in [0.4, 0.5) is 8.78 Å². The van der Waals surface area contributed by atoms with Crippen LogP contribution in [0, 0.1) is 11.8 Å². The van der Waals surface area contributed by atoms with Gasteiger partial charge in [0, 0.05) is 23.8 Å². The van der Waals surface area contributed by atoms with Gasteiger partial charge in [0.05, 0.1) is 12.9 Å². The lowest BCUT2D eigenvalue weighted by Crippen LogP contribution is -2.35. The van der Waals surface area contributed by atoms with Gasteiger partial charge in [0.15, 0.2) is 9.84 Å². The number of nitrogens with zero attached hydrogens (tertiary/aromatic N) is 2. The van der Waals surface area contributed by atoms with Gasteiger partial charge in [-0.15, -0.1) is 0 Å². The van der Waals surface area contributed by atoms with Crippen LogP contribution in [0.5, 0.6) is 11.6 Å². The number of para-hydroxylation sites is 1. The number of rotatable bonds is 9. The van der Waals surface area contributed by atoms with Gasteiger partial charge in [-0.05, 0) is 43.7 Å². The maximum Gasteiger partial charge on any atom is 0.309 e. The number of carbonyl (C=O) groups excluding carboxylic acids is 1. The summed E-state index contributed by atoms with van der Waals surface area (Å²) in [4.78, 5) is 20.6. The molecule has 2 fully saturated rings. The normalized spacial score (nSPS) is 20.0. The van der Waals surface area contributed by atoms with Crippen LogP contribution in [0.15, 0.2) is 47.9 Å². The number of alkyl halides is 2. The standard InChI is InChI=1S/C22H23F2N3O4S/c1-32(29,30)12-11-18(14-7-8-14)26-19(28)17-13-25-21(22(23,24)15-9-10-15)27-20(17)31-16-5-3-2-4-6-16/h2-6,11-15,18H,7-10H2,1H3,(H,26,28)/b12-11+/t18-/m1/s1/i2D,3D,4D,5D,6D. The Morgan fingerprint density at radius 1 is 1.28 bits per heavy atom. The second-order valence-electron chi connectivity index (χ2n) is 7.86. The number of ether oxygens (including phenoxy) is 1. The van der Waals surface area contributed by atoms with E-state index < -0.39 is 86.9 Å². The summed E-state index contributed by atoms with van der Waals surface area (Å²) >= 11 is 0. The van der Waals surface area contributed by atoms with E-state index in [4.69, 9.17) is 11.6 Å². The Kier molecular flexibility index (Phi) is 4.48. The lowest BCUT2D eigenvalue weighted by Gasteiger charge is -2.18. The Labute approximate surface area is 191 Å². The molecule has 2 aliphatic rings. The Bertz CT molecular complexity index is 1370. The molecule has 1 atom stereocenters. The predicted molar refractivity (Wildman–Crippen MR) is 113 cm³/mol. The minimum absolute atomic E-state index is 0.0354. The molecule has 1 aromatic heterocycles. The van der Waals surface area contributed by atoms with Crippen LogP contribution in [0.1, 0.15) is 48.7 Å². The third-order valence-electron chi connectivity index (χ3n) is 5.02. The molecule has 1 amide bonds. The number of carbonyl (C=O) groups is 1. The highest BCUT2D eigenvalue weighted by atomic mass is 32.2. The minimum atomic E-state index is -3.48. The molecule has 1 heterocycles. The molecule has 170 valence electrons. The molecule has 4 rings (SSSR count). The Morgan fingerprint density at radius 2 is 1.97 bits per heavy atom. The molecule has 32 heavy (non-hydrogen) atoms. The summed E-state index contributed by atoms with van der Waals surface area (Å²) in [5.74, 6) is -7.67. The number of hydrogen-bond acceptors (Lipinski definition) is 6. The van der Waals surface area contributed by atoms with E-state index in [1.807, 2.05) is 0 Å². The molecule has 0 unspecified atom stereocenters. The summed E-state index contributed by atoms with van der Waals surface area (Å²) in [6, 6.07) is -4.33. The summed E-state index contributed by atoms with van der Waals surface area (Å²) in [6.07, 6.45) is 5.11. The van der Waals surface area contributed by atoms with Crippen LogP contribution in [0.25, 0.3) is 0 Å². The van der Waals surface area contributed by atoms with Crippen molar-refractivity contribution in [3.8, 4) is 11.6 Å². The van der Waals surface area contributed by atoms with E-state index in [-0.39, 0.29) is 18.8 Å². The first-order valence-corrected chi connectivity index (χ1v) is 11.9. The molecule has 2 aromatic rings. The van der Waals surface area contributed by atoms with Gasteiger partial charge in [-0.3, -0.25) is 4.79 Å². The molecular weight excluding hydrogens is 440 g/mol. The number of halogens is 2. The van der Waals surface area contributed by atoms with Crippen molar-refractivity contribution in [2.45, 2.75) is 37.6 Å². The summed E-state index contributed by atoms with van der Waals surface area (Å²) in [5, 5.41) is 3.57. The average molecular weight is 469 g/mol. The van der Waals surface area contributed by atoms with Crippen molar-refractivity contribution >= 4 is 15.7 Å². The largest absolute Gasteiger partial charge is 0.438 e. The average Bonchev–Trinajstić information content (AvgIpc) is 3.73. The molecule has 0 aliphatic heterocycles. The van der Waals surface area contributed by atoms with Gasteiger partial charge in [0.25, 0.3) is 5.91 Å². The number of aromatic nitrogens is 2. The van der Waals surface area contributed by atoms with E-state index in [1.165, 1.54) is 6.08 Å². The van der Waals surface area contributed by atoms with Crippen LogP contribution in [0.3, 0.4) is 0 Å². The molecule has 10 heteroatoms. The Balaban J connectivity index is 1.75. The fourth-order valence-electron chi connectivity index (χ4n) is 3.01. The van der Waals surface area contributed by atoms with Gasteiger partial charge in [0.1, 0.15) is 11.3 Å². The summed E-state index contributed by atoms with van der Waals surface area (Å²) in [7, 11) is -3.48. The maximum absolute atomic E-state index is 14.8. The van der Waals surface area contributed by atoms with Gasteiger partial charge in [0.2, 0.25) is 11.7 Å². The van der Waals surface area contributed by atoms with Gasteiger partial charge in [-0.25, -0.2) is 13.4 Å². The van der Waals surface area contributed by atoms with E-state index in [0.717, 1.165) is 30.7 Å². The second kappa shape index (κ2) is 8.57. The van der Waals surface area contributed by atoms with Crippen LogP contribution in [-0.2, 0) is 15.8 Å². The topological polar surface area (TPSA) is 98.2 Å². The first-order chi connectivity index (χ1) is 17.2. The highest BCUT2D eigenvalue weighted by Crippen LogP contribution is 2.48. The summed E-state index contributed by atoms with van der Waals surface area (Å²) in [6.45, 7) is 0. The molecule has 1 N–H and O–H groups in total. The number of hydrogen-bond donors (Lipinski definition) is 1. The SMILES string of the molecule is [2H]c1c([2H])c([2H])c(Oc2nc(C(F)(F)C3CC3)ncc2C(=O)N[C@H](/C=C/S(C)(=O)=O)C2CC2)c([2H])c1[2H]. The number of nitrogens with one attached hydrogen (secondary N) is 1. The fourth-order valence-corrected chi connectivity index (χ4v) is 3.46. The van der Waals surface area contributed by atoms with Crippen molar-refractivity contribution in [1.82, 2.24) is 15.3 Å². The number of sulfone groups is 1. The maximum atomic E-state index is 14.8. The molecule has 2 aliphatic carbocycles. The minimum Gasteiger partial charge on any atom is -0.438 e. The summed E-state index contributed by atoms with van der Waals surface area (Å²) < 4.78 is 97.5. The van der Waals surface area contributed by atoms with E-state index in [1.54, 1.807) is 0 Å². The van der Waals surface area contributed by atoms with E-state index >= 15 is 0 Å². The highest BCUT2D eigenvalue weighted by Gasteiger charge is 2.50. The molecule has 2 saturated carbocycles. The zero-order valence-corrected chi connectivity index (χ0v) is 17.8. The first-order valence-electron chi connectivity index (χ1n) is 12.4. The predicted octanol–water partition coefficient (Wildman–Crippen LogP) is 3.84. The molecule has 1 aromatic carbocycles. The van der Waals surface area contributed by atoms with Gasteiger partial charge in [-0.2, -0.15) is 13.8 Å². The zero-order valence-electron chi connectivity index (χ0n) is 22.0. The molecule has 0 bridgehead atoms. The second-order valence-corrected chi connectivity index (χ2v) is 9.79. The third-order valence-corrected chi connectivity index (χ3v) is 5.67. The van der Waals surface area contributed by atoms with Gasteiger partial charge in [-0.1, -0.05) is 24.2 Å². The van der Waals surface area contributed by atoms with Gasteiger partial charge >= 0.3 is 5.92 Å². The third kappa shape index (κ3) is 5.48. The zero-order chi connectivity index (χ0) is 27.3. The smallest absolute Gasteiger partial charge is 0.309 e. The van der Waals surface area contributed by atoms with Crippen LogP contribution >= 0.6 is 0 Å². The van der Waals surface area contributed by atoms with Gasteiger partial charge < -0.3 is 10.1 Å². The molecular formula is C22H23F2N3O4S. The summed E-state index contributed by atoms with van der Waals surface area (Å²) in [5.41, 5.74) is -0.430. The van der Waals surface area contributed by atoms with Crippen LogP contribution in [-0.4, -0.2) is 36.6 Å². The fraction of sp³-hybridized carbons (Fsp3) is 0.409. The highest BCUT2D eigenvalue weighted by molar-refractivity contribution is 7.93. The van der Waals surface area contributed by atoms with E-state index in [0.29, 0.717) is 0 Å². The molecule has 0 saturated heterocycles. The quantitative estimate of drug-likeness (QED) is 0.601. The first kappa shape index (κ1) is 16.7. The van der Waals surface area contributed by atoms with Crippen molar-refractivity contribution in [2.75, 3.05) is 6.26 Å². The Morgan fingerprint density at radius 3 is 2.56 bits per heavy atom.